The highest BCUT2D eigenvalue weighted by Crippen LogP contribution is 2.33. The molecule has 0 radical (unpaired) electrons. The van der Waals surface area contributed by atoms with Crippen LogP contribution in [0.3, 0.4) is 0 Å². The maximum atomic E-state index is 13.2. The van der Waals surface area contributed by atoms with Crippen molar-refractivity contribution in [3.05, 3.63) is 99.7 Å². The summed E-state index contributed by atoms with van der Waals surface area (Å²) in [4.78, 5) is 51.9. The molecule has 0 spiro atoms. The van der Waals surface area contributed by atoms with Crippen molar-refractivity contribution >= 4 is 52.4 Å². The zero-order valence-electron chi connectivity index (χ0n) is 19.7. The van der Waals surface area contributed by atoms with E-state index in [2.05, 4.69) is 10.6 Å². The Morgan fingerprint density at radius 3 is 2.39 bits per heavy atom. The lowest BCUT2D eigenvalue weighted by atomic mass is 10.1. The summed E-state index contributed by atoms with van der Waals surface area (Å²) in [5.74, 6) is -2.30. The first-order valence-electron chi connectivity index (χ1n) is 10.9. The van der Waals surface area contributed by atoms with E-state index in [1.165, 1.54) is 19.2 Å². The second-order valence-corrected chi connectivity index (χ2v) is 8.43. The summed E-state index contributed by atoms with van der Waals surface area (Å²) in [7, 11) is 1.26. The molecular formula is C27H22ClN3O5. The number of nitrogens with one attached hydrogen (secondary N) is 2. The highest BCUT2D eigenvalue weighted by atomic mass is 35.5. The number of carbonyl (C=O) groups is 4. The van der Waals surface area contributed by atoms with Gasteiger partial charge in [0.05, 0.1) is 24.0 Å². The molecule has 0 saturated carbocycles. The number of hydrogen-bond donors (Lipinski definition) is 2. The molecule has 0 bridgehead atoms. The molecule has 0 atom stereocenters. The number of hydrogen-bond acceptors (Lipinski definition) is 6. The zero-order chi connectivity index (χ0) is 26.0. The lowest BCUT2D eigenvalue weighted by Gasteiger charge is -2.18. The minimum absolute atomic E-state index is 0.0869. The van der Waals surface area contributed by atoms with Gasteiger partial charge in [-0.1, -0.05) is 41.9 Å². The topological polar surface area (TPSA) is 105 Å². The summed E-state index contributed by atoms with van der Waals surface area (Å²) >= 11 is 6.26. The van der Waals surface area contributed by atoms with Gasteiger partial charge in [0.1, 0.15) is 10.7 Å². The number of aryl methyl sites for hydroxylation is 1. The fourth-order valence-electron chi connectivity index (χ4n) is 3.77. The summed E-state index contributed by atoms with van der Waals surface area (Å²) < 4.78 is 4.76. The minimum atomic E-state index is -0.633. The Bertz CT molecular complexity index is 1450. The van der Waals surface area contributed by atoms with Crippen molar-refractivity contribution in [1.29, 1.82) is 0 Å². The van der Waals surface area contributed by atoms with E-state index in [4.69, 9.17) is 16.3 Å². The van der Waals surface area contributed by atoms with E-state index in [9.17, 15) is 19.2 Å². The normalized spacial score (nSPS) is 13.2. The van der Waals surface area contributed by atoms with Gasteiger partial charge in [-0.25, -0.2) is 9.69 Å². The van der Waals surface area contributed by atoms with Crippen LogP contribution in [0.1, 0.15) is 31.8 Å². The van der Waals surface area contributed by atoms with Gasteiger partial charge >= 0.3 is 5.97 Å². The number of para-hydroxylation sites is 1. The van der Waals surface area contributed by atoms with Crippen LogP contribution in [0.5, 0.6) is 0 Å². The third-order valence-corrected chi connectivity index (χ3v) is 6.17. The van der Waals surface area contributed by atoms with Crippen LogP contribution in [-0.4, -0.2) is 30.8 Å². The summed E-state index contributed by atoms with van der Waals surface area (Å²) in [5.41, 5.74) is 3.21. The number of halogens is 1. The molecule has 3 amide bonds. The molecule has 182 valence electrons. The molecule has 0 aromatic heterocycles. The summed E-state index contributed by atoms with van der Waals surface area (Å²) in [5, 5.41) is 5.33. The molecule has 3 aromatic rings. The molecule has 9 heteroatoms. The maximum absolute atomic E-state index is 13.2. The van der Waals surface area contributed by atoms with Gasteiger partial charge in [-0.3, -0.25) is 14.4 Å². The van der Waals surface area contributed by atoms with Crippen LogP contribution in [0.15, 0.2) is 77.5 Å². The number of imide groups is 1. The van der Waals surface area contributed by atoms with E-state index in [0.717, 1.165) is 16.0 Å². The predicted molar refractivity (Wildman–Crippen MR) is 137 cm³/mol. The average molecular weight is 504 g/mol. The first-order valence-corrected chi connectivity index (χ1v) is 11.3. The molecule has 0 aliphatic carbocycles. The van der Waals surface area contributed by atoms with E-state index in [0.29, 0.717) is 17.1 Å². The number of rotatable bonds is 6. The van der Waals surface area contributed by atoms with Crippen LogP contribution >= 0.6 is 11.6 Å². The minimum Gasteiger partial charge on any atom is -0.465 e. The molecule has 3 aromatic carbocycles. The number of benzene rings is 3. The van der Waals surface area contributed by atoms with Gasteiger partial charge in [0.25, 0.3) is 17.7 Å². The van der Waals surface area contributed by atoms with Crippen LogP contribution < -0.4 is 15.5 Å². The molecule has 8 nitrogen and oxygen atoms in total. The van der Waals surface area contributed by atoms with Gasteiger partial charge in [0.2, 0.25) is 0 Å². The van der Waals surface area contributed by atoms with E-state index in [1.807, 2.05) is 19.9 Å². The Labute approximate surface area is 212 Å². The first-order chi connectivity index (χ1) is 17.2. The van der Waals surface area contributed by atoms with Crippen molar-refractivity contribution in [2.75, 3.05) is 22.6 Å². The number of ether oxygens (including phenoxy) is 1. The summed E-state index contributed by atoms with van der Waals surface area (Å²) in [6.07, 6.45) is 0. The standard InChI is InChI=1S/C27H22ClN3O5/c1-15-8-6-13-21(16(15)2)31-25(33)22(28)23(26(31)34)29-18-10-7-9-17(14-18)24(32)30-20-12-5-4-11-19(20)27(35)36-3/h4-14,29H,1-3H3,(H,30,32). The van der Waals surface area contributed by atoms with Crippen molar-refractivity contribution in [3.63, 3.8) is 0 Å². The van der Waals surface area contributed by atoms with Crippen LogP contribution in [-0.2, 0) is 14.3 Å². The van der Waals surface area contributed by atoms with Crippen molar-refractivity contribution in [1.82, 2.24) is 0 Å². The maximum Gasteiger partial charge on any atom is 0.339 e. The number of methoxy groups -OCH3 is 1. The SMILES string of the molecule is COC(=O)c1ccccc1NC(=O)c1cccc(NC2=C(Cl)C(=O)N(c3cccc(C)c3C)C2=O)c1. The van der Waals surface area contributed by atoms with E-state index >= 15 is 0 Å². The predicted octanol–water partition coefficient (Wildman–Crippen LogP) is 4.78. The second kappa shape index (κ2) is 10.1. The van der Waals surface area contributed by atoms with Crippen molar-refractivity contribution in [3.8, 4) is 0 Å². The van der Waals surface area contributed by atoms with Gasteiger partial charge in [0, 0.05) is 11.3 Å². The van der Waals surface area contributed by atoms with Crippen molar-refractivity contribution in [2.45, 2.75) is 13.8 Å². The Kier molecular flexibility index (Phi) is 6.89. The van der Waals surface area contributed by atoms with Crippen molar-refractivity contribution < 1.29 is 23.9 Å². The van der Waals surface area contributed by atoms with Crippen LogP contribution in [0, 0.1) is 13.8 Å². The third kappa shape index (κ3) is 4.58. The fraction of sp³-hybridized carbons (Fsp3) is 0.111. The van der Waals surface area contributed by atoms with Crippen LogP contribution in [0.2, 0.25) is 0 Å². The molecule has 1 heterocycles. The van der Waals surface area contributed by atoms with Crippen LogP contribution in [0.4, 0.5) is 17.1 Å². The summed E-state index contributed by atoms with van der Waals surface area (Å²) in [6, 6.07) is 18.1. The van der Waals surface area contributed by atoms with E-state index < -0.39 is 23.7 Å². The largest absolute Gasteiger partial charge is 0.465 e. The third-order valence-electron chi connectivity index (χ3n) is 5.82. The molecule has 1 aliphatic heterocycles. The van der Waals surface area contributed by atoms with Gasteiger partial charge in [-0.15, -0.1) is 0 Å². The second-order valence-electron chi connectivity index (χ2n) is 8.05. The van der Waals surface area contributed by atoms with Crippen molar-refractivity contribution in [2.24, 2.45) is 0 Å². The highest BCUT2D eigenvalue weighted by molar-refractivity contribution is 6.53. The van der Waals surface area contributed by atoms with E-state index in [1.54, 1.807) is 48.5 Å². The van der Waals surface area contributed by atoms with Crippen LogP contribution in [0.25, 0.3) is 0 Å². The lowest BCUT2D eigenvalue weighted by Crippen LogP contribution is -2.33. The number of carbonyl (C=O) groups excluding carboxylic acids is 4. The Morgan fingerprint density at radius 1 is 0.917 bits per heavy atom. The average Bonchev–Trinajstić information content (AvgIpc) is 3.08. The molecule has 4 rings (SSSR count). The van der Waals surface area contributed by atoms with E-state index in [-0.39, 0.29) is 21.9 Å². The smallest absolute Gasteiger partial charge is 0.339 e. The molecule has 1 aliphatic rings. The van der Waals surface area contributed by atoms with Gasteiger partial charge < -0.3 is 15.4 Å². The lowest BCUT2D eigenvalue weighted by molar-refractivity contribution is -0.120. The highest BCUT2D eigenvalue weighted by Gasteiger charge is 2.39. The molecule has 2 N–H and O–H groups in total. The summed E-state index contributed by atoms with van der Waals surface area (Å²) in [6.45, 7) is 3.71. The molecule has 0 saturated heterocycles. The fourth-order valence-corrected chi connectivity index (χ4v) is 3.98. The quantitative estimate of drug-likeness (QED) is 0.370. The molecule has 36 heavy (non-hydrogen) atoms. The monoisotopic (exact) mass is 503 g/mol. The number of nitrogens with zero attached hydrogens (tertiary/aromatic N) is 1. The Hall–Kier alpha value is -4.43. The zero-order valence-corrected chi connectivity index (χ0v) is 20.5. The molecule has 0 fully saturated rings. The number of esters is 1. The Balaban J connectivity index is 1.57. The Morgan fingerprint density at radius 2 is 1.64 bits per heavy atom. The number of anilines is 3. The molecule has 0 unspecified atom stereocenters. The van der Waals surface area contributed by atoms with Gasteiger partial charge in [0.15, 0.2) is 0 Å². The first kappa shape index (κ1) is 24.7. The molecular weight excluding hydrogens is 482 g/mol. The van der Waals surface area contributed by atoms with Gasteiger partial charge in [-0.05, 0) is 61.4 Å². The number of amides is 3. The van der Waals surface area contributed by atoms with Gasteiger partial charge in [-0.2, -0.15) is 0 Å².